The van der Waals surface area contributed by atoms with Crippen LogP contribution < -0.4 is 0 Å². The zero-order valence-electron chi connectivity index (χ0n) is 9.15. The lowest BCUT2D eigenvalue weighted by Gasteiger charge is -2.14. The molecule has 0 radical (unpaired) electrons. The average Bonchev–Trinajstić information content (AvgIpc) is 2.21. The standard InChI is InChI=1S/C11H24O3/c1-2-3-4-5-6-7-8-10(13)11(14)9-12/h10-14H,2-9H2,1H3/t10-,11-/m1/s1. The minimum Gasteiger partial charge on any atom is -0.394 e. The molecule has 86 valence electrons. The monoisotopic (exact) mass is 204 g/mol. The van der Waals surface area contributed by atoms with E-state index in [1.54, 1.807) is 0 Å². The molecule has 0 aliphatic carbocycles. The van der Waals surface area contributed by atoms with Gasteiger partial charge in [0.1, 0.15) is 6.10 Å². The third-order valence-corrected chi connectivity index (χ3v) is 2.48. The van der Waals surface area contributed by atoms with Gasteiger partial charge in [0.05, 0.1) is 12.7 Å². The second kappa shape index (κ2) is 9.44. The summed E-state index contributed by atoms with van der Waals surface area (Å²) in [5.41, 5.74) is 0. The van der Waals surface area contributed by atoms with Gasteiger partial charge in [-0.15, -0.1) is 0 Å². The van der Waals surface area contributed by atoms with Crippen LogP contribution in [-0.4, -0.2) is 34.1 Å². The molecule has 0 unspecified atom stereocenters. The smallest absolute Gasteiger partial charge is 0.103 e. The van der Waals surface area contributed by atoms with Crippen molar-refractivity contribution in [3.05, 3.63) is 0 Å². The number of aliphatic hydroxyl groups is 3. The van der Waals surface area contributed by atoms with Crippen LogP contribution in [0.5, 0.6) is 0 Å². The van der Waals surface area contributed by atoms with E-state index in [0.29, 0.717) is 6.42 Å². The van der Waals surface area contributed by atoms with Crippen molar-refractivity contribution in [1.82, 2.24) is 0 Å². The van der Waals surface area contributed by atoms with Gasteiger partial charge < -0.3 is 15.3 Å². The summed E-state index contributed by atoms with van der Waals surface area (Å²) in [7, 11) is 0. The number of hydrogen-bond donors (Lipinski definition) is 3. The summed E-state index contributed by atoms with van der Waals surface area (Å²) in [6, 6.07) is 0. The Morgan fingerprint density at radius 2 is 1.43 bits per heavy atom. The largest absolute Gasteiger partial charge is 0.394 e. The lowest BCUT2D eigenvalue weighted by atomic mass is 10.0. The van der Waals surface area contributed by atoms with Crippen molar-refractivity contribution >= 4 is 0 Å². The molecule has 0 fully saturated rings. The van der Waals surface area contributed by atoms with Crippen LogP contribution in [0, 0.1) is 0 Å². The third kappa shape index (κ3) is 7.30. The van der Waals surface area contributed by atoms with Crippen LogP contribution in [0.15, 0.2) is 0 Å². The molecule has 0 aliphatic rings. The zero-order chi connectivity index (χ0) is 10.8. The molecular weight excluding hydrogens is 180 g/mol. The first-order chi connectivity index (χ1) is 6.72. The normalized spacial score (nSPS) is 15.4. The molecule has 0 bridgehead atoms. The predicted octanol–water partition coefficient (Wildman–Crippen LogP) is 1.45. The topological polar surface area (TPSA) is 60.7 Å². The van der Waals surface area contributed by atoms with E-state index in [1.165, 1.54) is 25.7 Å². The molecule has 3 N–H and O–H groups in total. The molecule has 3 heteroatoms. The van der Waals surface area contributed by atoms with Gasteiger partial charge in [-0.2, -0.15) is 0 Å². The maximum atomic E-state index is 9.31. The maximum absolute atomic E-state index is 9.31. The maximum Gasteiger partial charge on any atom is 0.103 e. The summed E-state index contributed by atoms with van der Waals surface area (Å²) in [5.74, 6) is 0. The highest BCUT2D eigenvalue weighted by Gasteiger charge is 2.13. The Labute approximate surface area is 86.8 Å². The predicted molar refractivity (Wildman–Crippen MR) is 57.1 cm³/mol. The highest BCUT2D eigenvalue weighted by atomic mass is 16.4. The summed E-state index contributed by atoms with van der Waals surface area (Å²) in [6.07, 6.45) is 5.89. The molecule has 0 aromatic carbocycles. The molecular formula is C11H24O3. The van der Waals surface area contributed by atoms with Crippen molar-refractivity contribution in [2.24, 2.45) is 0 Å². The molecule has 0 rings (SSSR count). The van der Waals surface area contributed by atoms with Gasteiger partial charge in [0.15, 0.2) is 0 Å². The molecule has 0 spiro atoms. The molecule has 0 amide bonds. The quantitative estimate of drug-likeness (QED) is 0.498. The van der Waals surface area contributed by atoms with Crippen molar-refractivity contribution < 1.29 is 15.3 Å². The SMILES string of the molecule is CCCCCCCC[C@@H](O)[C@H](O)CO. The first-order valence-corrected chi connectivity index (χ1v) is 5.69. The lowest BCUT2D eigenvalue weighted by Crippen LogP contribution is -2.28. The van der Waals surface area contributed by atoms with Gasteiger partial charge in [-0.25, -0.2) is 0 Å². The Bertz CT molecular complexity index is 117. The second-order valence-electron chi connectivity index (χ2n) is 3.87. The fraction of sp³-hybridized carbons (Fsp3) is 1.00. The van der Waals surface area contributed by atoms with Crippen molar-refractivity contribution in [1.29, 1.82) is 0 Å². The molecule has 2 atom stereocenters. The Morgan fingerprint density at radius 3 is 2.00 bits per heavy atom. The van der Waals surface area contributed by atoms with Gasteiger partial charge >= 0.3 is 0 Å². The molecule has 0 aliphatic heterocycles. The fourth-order valence-corrected chi connectivity index (χ4v) is 1.45. The van der Waals surface area contributed by atoms with Gasteiger partial charge in [0.25, 0.3) is 0 Å². The van der Waals surface area contributed by atoms with E-state index in [2.05, 4.69) is 6.92 Å². The van der Waals surface area contributed by atoms with E-state index < -0.39 is 12.2 Å². The van der Waals surface area contributed by atoms with Crippen LogP contribution in [0.3, 0.4) is 0 Å². The number of rotatable bonds is 9. The molecule has 14 heavy (non-hydrogen) atoms. The van der Waals surface area contributed by atoms with E-state index in [-0.39, 0.29) is 6.61 Å². The number of aliphatic hydroxyl groups excluding tert-OH is 3. The van der Waals surface area contributed by atoms with Crippen molar-refractivity contribution in [3.8, 4) is 0 Å². The Morgan fingerprint density at radius 1 is 0.857 bits per heavy atom. The number of hydrogen-bond acceptors (Lipinski definition) is 3. The van der Waals surface area contributed by atoms with E-state index in [4.69, 9.17) is 10.2 Å². The van der Waals surface area contributed by atoms with E-state index >= 15 is 0 Å². The van der Waals surface area contributed by atoms with Gasteiger partial charge in [-0.05, 0) is 6.42 Å². The van der Waals surface area contributed by atoms with Gasteiger partial charge in [0, 0.05) is 0 Å². The Balaban J connectivity index is 3.18. The molecule has 0 aromatic heterocycles. The summed E-state index contributed by atoms with van der Waals surface area (Å²) < 4.78 is 0. The Kier molecular flexibility index (Phi) is 9.35. The van der Waals surface area contributed by atoms with E-state index in [9.17, 15) is 5.11 Å². The first-order valence-electron chi connectivity index (χ1n) is 5.69. The van der Waals surface area contributed by atoms with Crippen LogP contribution in [0.4, 0.5) is 0 Å². The van der Waals surface area contributed by atoms with Gasteiger partial charge in [-0.3, -0.25) is 0 Å². The number of unbranched alkanes of at least 4 members (excludes halogenated alkanes) is 5. The lowest BCUT2D eigenvalue weighted by molar-refractivity contribution is -0.0185. The Hall–Kier alpha value is -0.120. The van der Waals surface area contributed by atoms with Crippen molar-refractivity contribution in [3.63, 3.8) is 0 Å². The molecule has 0 aromatic rings. The molecule has 0 saturated heterocycles. The highest BCUT2D eigenvalue weighted by Crippen LogP contribution is 2.10. The van der Waals surface area contributed by atoms with Crippen LogP contribution in [0.1, 0.15) is 51.9 Å². The van der Waals surface area contributed by atoms with Crippen molar-refractivity contribution in [2.45, 2.75) is 64.1 Å². The minimum absolute atomic E-state index is 0.350. The molecule has 3 nitrogen and oxygen atoms in total. The highest BCUT2D eigenvalue weighted by molar-refractivity contribution is 4.65. The van der Waals surface area contributed by atoms with E-state index in [0.717, 1.165) is 12.8 Å². The average molecular weight is 204 g/mol. The van der Waals surface area contributed by atoms with Crippen molar-refractivity contribution in [2.75, 3.05) is 6.61 Å². The molecule has 0 heterocycles. The summed E-state index contributed by atoms with van der Waals surface area (Å²) in [4.78, 5) is 0. The molecule has 0 saturated carbocycles. The van der Waals surface area contributed by atoms with Gasteiger partial charge in [-0.1, -0.05) is 45.4 Å². The van der Waals surface area contributed by atoms with E-state index in [1.807, 2.05) is 0 Å². The third-order valence-electron chi connectivity index (χ3n) is 2.48. The zero-order valence-corrected chi connectivity index (χ0v) is 9.15. The minimum atomic E-state index is -0.967. The second-order valence-corrected chi connectivity index (χ2v) is 3.87. The van der Waals surface area contributed by atoms with Gasteiger partial charge in [0.2, 0.25) is 0 Å². The summed E-state index contributed by atoms with van der Waals surface area (Å²) >= 11 is 0. The van der Waals surface area contributed by atoms with Crippen LogP contribution >= 0.6 is 0 Å². The summed E-state index contributed by atoms with van der Waals surface area (Å²) in [5, 5.41) is 26.9. The fourth-order valence-electron chi connectivity index (χ4n) is 1.45. The van der Waals surface area contributed by atoms with Crippen LogP contribution in [-0.2, 0) is 0 Å². The van der Waals surface area contributed by atoms with Crippen LogP contribution in [0.2, 0.25) is 0 Å². The summed E-state index contributed by atoms with van der Waals surface area (Å²) in [6.45, 7) is 1.83. The van der Waals surface area contributed by atoms with Crippen LogP contribution in [0.25, 0.3) is 0 Å². The first kappa shape index (κ1) is 13.9.